The van der Waals surface area contributed by atoms with Crippen molar-refractivity contribution in [3.05, 3.63) is 46.8 Å². The first kappa shape index (κ1) is 24.4. The normalized spacial score (nSPS) is 20.3. The van der Waals surface area contributed by atoms with E-state index < -0.39 is 6.43 Å². The third kappa shape index (κ3) is 5.95. The summed E-state index contributed by atoms with van der Waals surface area (Å²) in [4.78, 5) is 21.9. The molecule has 10 heteroatoms. The molecule has 0 radical (unpaired) electrons. The van der Waals surface area contributed by atoms with Crippen LogP contribution < -0.4 is 16.8 Å². The van der Waals surface area contributed by atoms with Gasteiger partial charge in [-0.2, -0.15) is 0 Å². The van der Waals surface area contributed by atoms with Crippen LogP contribution in [0.3, 0.4) is 0 Å². The van der Waals surface area contributed by atoms with Crippen LogP contribution in [0.15, 0.2) is 45.7 Å². The van der Waals surface area contributed by atoms with Gasteiger partial charge < -0.3 is 26.4 Å². The number of ether oxygens (including phenoxy) is 1. The first-order valence-electron chi connectivity index (χ1n) is 10.8. The molecule has 0 bridgehead atoms. The second-order valence-corrected chi connectivity index (χ2v) is 7.93. The zero-order chi connectivity index (χ0) is 24.0. The van der Waals surface area contributed by atoms with Gasteiger partial charge in [-0.05, 0) is 24.1 Å². The van der Waals surface area contributed by atoms with Gasteiger partial charge in [-0.15, -0.1) is 0 Å². The summed E-state index contributed by atoms with van der Waals surface area (Å²) in [6.07, 6.45) is 1.40. The lowest BCUT2D eigenvalue weighted by atomic mass is 10.00. The number of hydrogen-bond acceptors (Lipinski definition) is 6. The van der Waals surface area contributed by atoms with E-state index in [1.165, 1.54) is 38.5 Å². The molecule has 1 atom stereocenters. The molecule has 1 unspecified atom stereocenters. The fourth-order valence-electron chi connectivity index (χ4n) is 3.93. The Labute approximate surface area is 192 Å². The quantitative estimate of drug-likeness (QED) is 0.427. The lowest BCUT2D eigenvalue weighted by Crippen LogP contribution is -2.43. The van der Waals surface area contributed by atoms with E-state index in [-0.39, 0.29) is 34.6 Å². The van der Waals surface area contributed by atoms with Crippen molar-refractivity contribution in [1.29, 1.82) is 0 Å². The summed E-state index contributed by atoms with van der Waals surface area (Å²) in [6, 6.07) is 4.59. The largest absolute Gasteiger partial charge is 0.404 e. The molecular formula is C23H30F2N6O2. The lowest BCUT2D eigenvalue weighted by Gasteiger charge is -2.31. The van der Waals surface area contributed by atoms with Gasteiger partial charge in [-0.3, -0.25) is 9.79 Å². The van der Waals surface area contributed by atoms with Crippen LogP contribution in [0.25, 0.3) is 5.57 Å². The van der Waals surface area contributed by atoms with Crippen molar-refractivity contribution in [3.63, 3.8) is 0 Å². The number of nitrogens with one attached hydrogen (secondary N) is 1. The van der Waals surface area contributed by atoms with E-state index in [0.717, 1.165) is 12.1 Å². The molecule has 8 nitrogen and oxygen atoms in total. The summed E-state index contributed by atoms with van der Waals surface area (Å²) in [6.45, 7) is 3.66. The Morgan fingerprint density at radius 2 is 2.18 bits per heavy atom. The number of aliphatic imine (C=N–C) groups is 2. The van der Waals surface area contributed by atoms with Crippen molar-refractivity contribution in [2.45, 2.75) is 32.2 Å². The molecule has 0 aromatic heterocycles. The van der Waals surface area contributed by atoms with Gasteiger partial charge in [0.2, 0.25) is 5.91 Å². The zero-order valence-corrected chi connectivity index (χ0v) is 18.9. The highest BCUT2D eigenvalue weighted by Gasteiger charge is 2.26. The third-order valence-corrected chi connectivity index (χ3v) is 5.69. The number of nitrogens with two attached hydrogens (primary N) is 2. The average molecular weight is 461 g/mol. The number of carbonyl (C=O) groups excluding carboxylic acids is 1. The van der Waals surface area contributed by atoms with Crippen LogP contribution in [0.2, 0.25) is 0 Å². The molecule has 2 heterocycles. The van der Waals surface area contributed by atoms with Crippen LogP contribution in [-0.2, 0) is 9.53 Å². The number of allylic oxidation sites excluding steroid dienone is 1. The molecule has 1 amide bonds. The molecular weight excluding hydrogens is 430 g/mol. The van der Waals surface area contributed by atoms with Crippen LogP contribution in [0.1, 0.15) is 37.3 Å². The van der Waals surface area contributed by atoms with Crippen LogP contribution in [0.5, 0.6) is 0 Å². The number of rotatable bonds is 7. The molecule has 0 spiro atoms. The molecule has 5 N–H and O–H groups in total. The minimum absolute atomic E-state index is 0.0634. The molecule has 2 aliphatic heterocycles. The van der Waals surface area contributed by atoms with E-state index in [9.17, 15) is 13.6 Å². The number of amidine groups is 1. The molecule has 178 valence electrons. The summed E-state index contributed by atoms with van der Waals surface area (Å²) in [5.74, 6) is 0.117. The van der Waals surface area contributed by atoms with Gasteiger partial charge in [0.25, 0.3) is 6.43 Å². The molecule has 1 aromatic rings. The fraction of sp³-hybridized carbons (Fsp3) is 0.435. The Hall–Kier alpha value is -3.27. The van der Waals surface area contributed by atoms with E-state index in [1.807, 2.05) is 0 Å². The third-order valence-electron chi connectivity index (χ3n) is 5.69. The molecule has 2 aliphatic rings. The Morgan fingerprint density at radius 3 is 2.79 bits per heavy atom. The summed E-state index contributed by atoms with van der Waals surface area (Å²) >= 11 is 0. The maximum Gasteiger partial charge on any atom is 0.264 e. The molecule has 0 aliphatic carbocycles. The SMILES string of the molecule is CN=CC(=CN)c1ccc(N=C(N)C2=C(NC3CCOC3)CCN(C(C)=O)C2)cc1C(F)F. The van der Waals surface area contributed by atoms with Crippen molar-refractivity contribution in [3.8, 4) is 0 Å². The Balaban J connectivity index is 1.97. The van der Waals surface area contributed by atoms with Crippen molar-refractivity contribution in [2.24, 2.45) is 21.5 Å². The predicted octanol–water partition coefficient (Wildman–Crippen LogP) is 2.50. The van der Waals surface area contributed by atoms with Crippen LogP contribution in [0, 0.1) is 0 Å². The molecule has 33 heavy (non-hydrogen) atoms. The van der Waals surface area contributed by atoms with Crippen LogP contribution in [0.4, 0.5) is 14.5 Å². The number of carbonyl (C=O) groups is 1. The molecule has 3 rings (SSSR count). The van der Waals surface area contributed by atoms with E-state index >= 15 is 0 Å². The Morgan fingerprint density at radius 1 is 1.39 bits per heavy atom. The first-order chi connectivity index (χ1) is 15.8. The van der Waals surface area contributed by atoms with E-state index in [1.54, 1.807) is 11.0 Å². The molecule has 1 aromatic carbocycles. The monoisotopic (exact) mass is 460 g/mol. The molecule has 1 saturated heterocycles. The number of nitrogens with zero attached hydrogens (tertiary/aromatic N) is 3. The number of alkyl halides is 2. The maximum atomic E-state index is 13.8. The standard InChI is InChI=1S/C23H30F2N6O2/c1-14(32)31-7-5-21(29-17-6-8-33-13-17)20(12-31)23(27)30-16-3-4-18(15(10-26)11-28-2)19(9-16)22(24)25/h3-4,9-11,17,22,29H,5-8,12-13,26H2,1-2H3,(H2,27,30). The average Bonchev–Trinajstić information content (AvgIpc) is 3.30. The van der Waals surface area contributed by atoms with Gasteiger partial charge in [0.1, 0.15) is 5.84 Å². The van der Waals surface area contributed by atoms with Gasteiger partial charge in [0.15, 0.2) is 0 Å². The summed E-state index contributed by atoms with van der Waals surface area (Å²) in [5.41, 5.74) is 14.3. The van der Waals surface area contributed by atoms with Gasteiger partial charge in [-0.1, -0.05) is 6.07 Å². The summed E-state index contributed by atoms with van der Waals surface area (Å²) in [7, 11) is 1.54. The van der Waals surface area contributed by atoms with Gasteiger partial charge in [0.05, 0.1) is 24.9 Å². The van der Waals surface area contributed by atoms with Gasteiger partial charge in [0, 0.05) is 68.4 Å². The fourth-order valence-corrected chi connectivity index (χ4v) is 3.93. The molecule has 1 fully saturated rings. The second kappa shape index (κ2) is 11.0. The van der Waals surface area contributed by atoms with Crippen LogP contribution >= 0.6 is 0 Å². The lowest BCUT2D eigenvalue weighted by molar-refractivity contribution is -0.128. The summed E-state index contributed by atoms with van der Waals surface area (Å²) in [5, 5.41) is 3.47. The van der Waals surface area contributed by atoms with E-state index in [2.05, 4.69) is 15.3 Å². The number of halogens is 2. The van der Waals surface area contributed by atoms with Crippen molar-refractivity contribution >= 4 is 29.2 Å². The number of benzene rings is 1. The number of amides is 1. The highest BCUT2D eigenvalue weighted by molar-refractivity contribution is 6.10. The van der Waals surface area contributed by atoms with Crippen molar-refractivity contribution in [2.75, 3.05) is 33.4 Å². The van der Waals surface area contributed by atoms with E-state index in [4.69, 9.17) is 16.2 Å². The van der Waals surface area contributed by atoms with Crippen LogP contribution in [-0.4, -0.2) is 62.3 Å². The van der Waals surface area contributed by atoms with Gasteiger partial charge >= 0.3 is 0 Å². The van der Waals surface area contributed by atoms with Gasteiger partial charge in [-0.25, -0.2) is 13.8 Å². The highest BCUT2D eigenvalue weighted by Crippen LogP contribution is 2.31. The van der Waals surface area contributed by atoms with Crippen molar-refractivity contribution in [1.82, 2.24) is 10.2 Å². The predicted molar refractivity (Wildman–Crippen MR) is 126 cm³/mol. The summed E-state index contributed by atoms with van der Waals surface area (Å²) < 4.78 is 33.0. The van der Waals surface area contributed by atoms with Crippen molar-refractivity contribution < 1.29 is 18.3 Å². The smallest absolute Gasteiger partial charge is 0.264 e. The highest BCUT2D eigenvalue weighted by atomic mass is 19.3. The molecule has 0 saturated carbocycles. The minimum atomic E-state index is -2.74. The second-order valence-electron chi connectivity index (χ2n) is 7.93. The zero-order valence-electron chi connectivity index (χ0n) is 18.9. The van der Waals surface area contributed by atoms with E-state index in [0.29, 0.717) is 43.9 Å². The number of hydrogen-bond donors (Lipinski definition) is 3. The Bertz CT molecular complexity index is 997. The Kier molecular flexibility index (Phi) is 8.16. The topological polar surface area (TPSA) is 118 Å². The maximum absolute atomic E-state index is 13.8. The first-order valence-corrected chi connectivity index (χ1v) is 10.8. The minimum Gasteiger partial charge on any atom is -0.404 e.